The van der Waals surface area contributed by atoms with Crippen LogP contribution in [0.1, 0.15) is 67.1 Å². The first kappa shape index (κ1) is 21.0. The number of carbonyl (C=O) groups is 2. The molecule has 2 N–H and O–H groups in total. The average molecular weight is 422 g/mol. The Morgan fingerprint density at radius 2 is 1.84 bits per heavy atom. The van der Waals surface area contributed by atoms with Crippen LogP contribution < -0.4 is 9.47 Å². The number of hydrogen-bond donors (Lipinski definition) is 2. The highest BCUT2D eigenvalue weighted by molar-refractivity contribution is 6.06. The largest absolute Gasteiger partial charge is 0.506 e. The summed E-state index contributed by atoms with van der Waals surface area (Å²) in [5.41, 5.74) is 1.04. The van der Waals surface area contributed by atoms with Crippen molar-refractivity contribution < 1.29 is 29.3 Å². The lowest BCUT2D eigenvalue weighted by molar-refractivity contribution is -0.137. The number of ketones is 1. The molecule has 0 aliphatic carbocycles. The highest BCUT2D eigenvalue weighted by Crippen LogP contribution is 2.54. The molecule has 0 fully saturated rings. The Hall–Kier alpha value is -3.28. The predicted octanol–water partition coefficient (Wildman–Crippen LogP) is 4.78. The molecule has 3 atom stereocenters. The summed E-state index contributed by atoms with van der Waals surface area (Å²) in [5.74, 6) is -1.90. The van der Waals surface area contributed by atoms with Crippen molar-refractivity contribution in [3.8, 4) is 17.2 Å². The lowest BCUT2D eigenvalue weighted by Gasteiger charge is -2.37. The molecule has 1 unspecified atom stereocenters. The number of Topliss-reactive ketones (excluding diaryl/α,β-unsaturated/α-hetero) is 1. The number of aromatic hydroxyl groups is 1. The summed E-state index contributed by atoms with van der Waals surface area (Å²) in [6, 6.07) is 9.23. The van der Waals surface area contributed by atoms with Crippen LogP contribution in [0.15, 0.2) is 36.4 Å². The normalized spacial score (nSPS) is 22.0. The Morgan fingerprint density at radius 3 is 2.48 bits per heavy atom. The molecule has 0 bridgehead atoms. The number of benzene rings is 2. The number of fused-ring (bicyclic) bond motifs is 2. The van der Waals surface area contributed by atoms with Gasteiger partial charge in [0.1, 0.15) is 34.5 Å². The Labute approximate surface area is 181 Å². The molecule has 0 saturated carbocycles. The molecule has 6 heteroatoms. The first-order valence-corrected chi connectivity index (χ1v) is 10.4. The summed E-state index contributed by atoms with van der Waals surface area (Å²) in [7, 11) is 0. The highest BCUT2D eigenvalue weighted by atomic mass is 16.5. The summed E-state index contributed by atoms with van der Waals surface area (Å²) in [5, 5.41) is 20.7. The van der Waals surface area contributed by atoms with E-state index in [1.807, 2.05) is 44.2 Å². The van der Waals surface area contributed by atoms with E-state index < -0.39 is 29.5 Å². The lowest BCUT2D eigenvalue weighted by atomic mass is 9.80. The van der Waals surface area contributed by atoms with E-state index in [2.05, 4.69) is 0 Å². The molecule has 162 valence electrons. The van der Waals surface area contributed by atoms with Crippen LogP contribution in [-0.2, 0) is 4.79 Å². The maximum Gasteiger partial charge on any atom is 0.304 e. The maximum absolute atomic E-state index is 13.2. The zero-order valence-corrected chi connectivity index (χ0v) is 18.0. The van der Waals surface area contributed by atoms with Crippen molar-refractivity contribution in [3.05, 3.63) is 58.7 Å². The number of carbonyl (C=O) groups excluding carboxylic acids is 1. The van der Waals surface area contributed by atoms with E-state index in [-0.39, 0.29) is 29.3 Å². The van der Waals surface area contributed by atoms with Gasteiger partial charge in [-0.25, -0.2) is 0 Å². The van der Waals surface area contributed by atoms with Crippen molar-refractivity contribution in [2.45, 2.75) is 51.7 Å². The summed E-state index contributed by atoms with van der Waals surface area (Å²) < 4.78 is 12.4. The van der Waals surface area contributed by atoms with Gasteiger partial charge in [-0.1, -0.05) is 37.3 Å². The zero-order chi connectivity index (χ0) is 22.5. The molecule has 2 aromatic rings. The first-order valence-electron chi connectivity index (χ1n) is 10.4. The van der Waals surface area contributed by atoms with Crippen molar-refractivity contribution >= 4 is 17.8 Å². The molecule has 0 spiro atoms. The molecule has 31 heavy (non-hydrogen) atoms. The van der Waals surface area contributed by atoms with Crippen LogP contribution in [0.4, 0.5) is 0 Å². The maximum atomic E-state index is 13.2. The molecule has 2 aliphatic rings. The number of phenols is 1. The molecular formula is C25H26O6. The number of hydrogen-bond acceptors (Lipinski definition) is 5. The summed E-state index contributed by atoms with van der Waals surface area (Å²) in [4.78, 5) is 25.0. The molecule has 4 rings (SSSR count). The van der Waals surface area contributed by atoms with E-state index in [9.17, 15) is 19.8 Å². The number of aliphatic carboxylic acids is 1. The van der Waals surface area contributed by atoms with E-state index in [0.717, 1.165) is 5.56 Å². The van der Waals surface area contributed by atoms with E-state index in [1.54, 1.807) is 26.0 Å². The Morgan fingerprint density at radius 1 is 1.16 bits per heavy atom. The monoisotopic (exact) mass is 422 g/mol. The van der Waals surface area contributed by atoms with Gasteiger partial charge in [0.2, 0.25) is 0 Å². The van der Waals surface area contributed by atoms with Gasteiger partial charge in [-0.15, -0.1) is 0 Å². The van der Waals surface area contributed by atoms with E-state index in [1.165, 1.54) is 0 Å². The quantitative estimate of drug-likeness (QED) is 0.736. The third-order valence-corrected chi connectivity index (χ3v) is 6.07. The average Bonchev–Trinajstić information content (AvgIpc) is 2.70. The highest BCUT2D eigenvalue weighted by Gasteiger charge is 2.42. The van der Waals surface area contributed by atoms with Crippen LogP contribution in [0.2, 0.25) is 0 Å². The molecule has 2 aliphatic heterocycles. The number of rotatable bonds is 4. The molecule has 0 amide bonds. The minimum atomic E-state index is -0.987. The van der Waals surface area contributed by atoms with Gasteiger partial charge in [-0.05, 0) is 38.5 Å². The second-order valence-electron chi connectivity index (χ2n) is 8.79. The third-order valence-electron chi connectivity index (χ3n) is 6.07. The van der Waals surface area contributed by atoms with E-state index in [4.69, 9.17) is 9.47 Å². The minimum absolute atomic E-state index is 0.0960. The first-order chi connectivity index (χ1) is 14.6. The van der Waals surface area contributed by atoms with Gasteiger partial charge in [-0.2, -0.15) is 0 Å². The molecule has 2 heterocycles. The summed E-state index contributed by atoms with van der Waals surface area (Å²) in [6.07, 6.45) is 2.89. The van der Waals surface area contributed by atoms with Crippen molar-refractivity contribution in [2.75, 3.05) is 0 Å². The smallest absolute Gasteiger partial charge is 0.304 e. The van der Waals surface area contributed by atoms with Crippen LogP contribution in [0, 0.1) is 5.92 Å². The lowest BCUT2D eigenvalue weighted by Crippen LogP contribution is -2.36. The SMILES string of the molecule is C[C@@H]1C(=O)c2c(O)c3c(c(C(CC(=O)O)c4ccccc4)c2O[C@@H]1C)OC(C)(C)C=C3. The standard InChI is InChI=1S/C25H26O6/c1-13-14(2)30-24-19(17(12-18(26)27)15-8-6-5-7-9-15)23-16(10-11-25(3,4)31-23)22(29)20(24)21(13)28/h5-11,13-14,17,29H,12H2,1-4H3,(H,26,27)/t13-,14+,17?/m0/s1. The number of carboxylic acid groups (broad SMARTS) is 1. The molecular weight excluding hydrogens is 396 g/mol. The van der Waals surface area contributed by atoms with Gasteiger partial charge >= 0.3 is 5.97 Å². The second kappa shape index (κ2) is 7.45. The van der Waals surface area contributed by atoms with E-state index in [0.29, 0.717) is 16.9 Å². The van der Waals surface area contributed by atoms with Crippen LogP contribution in [0.25, 0.3) is 6.08 Å². The summed E-state index contributed by atoms with van der Waals surface area (Å²) >= 11 is 0. The Balaban J connectivity index is 2.08. The van der Waals surface area contributed by atoms with Crippen LogP contribution in [0.3, 0.4) is 0 Å². The zero-order valence-electron chi connectivity index (χ0n) is 18.0. The van der Waals surface area contributed by atoms with Gasteiger partial charge in [-0.3, -0.25) is 9.59 Å². The Bertz CT molecular complexity index is 1080. The fourth-order valence-electron chi connectivity index (χ4n) is 4.22. The van der Waals surface area contributed by atoms with Crippen molar-refractivity contribution in [1.29, 1.82) is 0 Å². The van der Waals surface area contributed by atoms with Gasteiger partial charge in [0, 0.05) is 11.5 Å². The molecule has 0 radical (unpaired) electrons. The molecule has 2 aromatic carbocycles. The van der Waals surface area contributed by atoms with Gasteiger partial charge in [0.05, 0.1) is 17.9 Å². The number of carboxylic acids is 1. The molecule has 0 aromatic heterocycles. The fourth-order valence-corrected chi connectivity index (χ4v) is 4.22. The number of ether oxygens (including phenoxy) is 2. The van der Waals surface area contributed by atoms with E-state index >= 15 is 0 Å². The van der Waals surface area contributed by atoms with Gasteiger partial charge in [0.25, 0.3) is 0 Å². The second-order valence-corrected chi connectivity index (χ2v) is 8.79. The molecule has 6 nitrogen and oxygen atoms in total. The van der Waals surface area contributed by atoms with Crippen LogP contribution in [-0.4, -0.2) is 33.7 Å². The van der Waals surface area contributed by atoms with Crippen molar-refractivity contribution in [3.63, 3.8) is 0 Å². The minimum Gasteiger partial charge on any atom is -0.506 e. The predicted molar refractivity (Wildman–Crippen MR) is 116 cm³/mol. The van der Waals surface area contributed by atoms with Crippen molar-refractivity contribution in [2.24, 2.45) is 5.92 Å². The number of phenolic OH excluding ortho intramolecular Hbond substituents is 1. The molecule has 0 saturated heterocycles. The van der Waals surface area contributed by atoms with Crippen LogP contribution in [0.5, 0.6) is 17.2 Å². The van der Waals surface area contributed by atoms with Crippen LogP contribution >= 0.6 is 0 Å². The van der Waals surface area contributed by atoms with Gasteiger partial charge < -0.3 is 19.7 Å². The topological polar surface area (TPSA) is 93.1 Å². The Kier molecular flexibility index (Phi) is 5.04. The van der Waals surface area contributed by atoms with Gasteiger partial charge in [0.15, 0.2) is 5.78 Å². The summed E-state index contributed by atoms with van der Waals surface area (Å²) in [6.45, 7) is 7.30. The van der Waals surface area contributed by atoms with Crippen molar-refractivity contribution in [1.82, 2.24) is 0 Å². The third kappa shape index (κ3) is 3.56. The fraction of sp³-hybridized carbons (Fsp3) is 0.360.